The summed E-state index contributed by atoms with van der Waals surface area (Å²) in [5, 5.41) is 21.3. The molecular formula is C22H34O2. The number of hydrogen-bond donors (Lipinski definition) is 2. The van der Waals surface area contributed by atoms with Gasteiger partial charge >= 0.3 is 0 Å². The van der Waals surface area contributed by atoms with Crippen LogP contribution in [0, 0.1) is 59.2 Å². The second kappa shape index (κ2) is 5.22. The van der Waals surface area contributed by atoms with Gasteiger partial charge in [-0.05, 0) is 111 Å². The van der Waals surface area contributed by atoms with Gasteiger partial charge in [0.25, 0.3) is 0 Å². The Bertz CT molecular complexity index is 472. The average Bonchev–Trinajstić information content (AvgIpc) is 3.09. The minimum Gasteiger partial charge on any atom is -0.393 e. The van der Waals surface area contributed by atoms with E-state index in [2.05, 4.69) is 0 Å². The monoisotopic (exact) mass is 330 g/mol. The number of aliphatic hydroxyl groups excluding tert-OH is 2. The Morgan fingerprint density at radius 1 is 0.458 bits per heavy atom. The first-order valence-electron chi connectivity index (χ1n) is 11.1. The summed E-state index contributed by atoms with van der Waals surface area (Å²) in [6, 6.07) is 0. The van der Waals surface area contributed by atoms with Gasteiger partial charge in [-0.2, -0.15) is 0 Å². The van der Waals surface area contributed by atoms with Crippen LogP contribution in [0.4, 0.5) is 0 Å². The molecule has 2 heteroatoms. The summed E-state index contributed by atoms with van der Waals surface area (Å²) in [6.45, 7) is 0. The van der Waals surface area contributed by atoms with Crippen LogP contribution in [0.1, 0.15) is 64.2 Å². The molecule has 6 aliphatic rings. The minimum absolute atomic E-state index is 0.0170. The molecule has 0 saturated heterocycles. The fourth-order valence-corrected chi connectivity index (χ4v) is 9.70. The summed E-state index contributed by atoms with van der Waals surface area (Å²) in [7, 11) is 0. The zero-order chi connectivity index (χ0) is 16.0. The molecule has 0 aliphatic heterocycles. The maximum absolute atomic E-state index is 10.6. The molecule has 24 heavy (non-hydrogen) atoms. The van der Waals surface area contributed by atoms with Crippen LogP contribution in [-0.2, 0) is 0 Å². The summed E-state index contributed by atoms with van der Waals surface area (Å²) >= 11 is 0. The maximum Gasteiger partial charge on any atom is 0.0574 e. The Morgan fingerprint density at radius 2 is 0.875 bits per heavy atom. The van der Waals surface area contributed by atoms with E-state index < -0.39 is 0 Å². The van der Waals surface area contributed by atoms with Gasteiger partial charge in [0.1, 0.15) is 0 Å². The van der Waals surface area contributed by atoms with Gasteiger partial charge in [0.2, 0.25) is 0 Å². The molecule has 0 bridgehead atoms. The van der Waals surface area contributed by atoms with Crippen molar-refractivity contribution in [1.82, 2.24) is 0 Å². The zero-order valence-corrected chi connectivity index (χ0v) is 14.9. The first kappa shape index (κ1) is 15.0. The molecular weight excluding hydrogens is 296 g/mol. The third-order valence-electron chi connectivity index (χ3n) is 10.1. The molecule has 134 valence electrons. The van der Waals surface area contributed by atoms with E-state index in [0.717, 1.165) is 60.2 Å². The molecule has 12 unspecified atom stereocenters. The Hall–Kier alpha value is -0.0800. The van der Waals surface area contributed by atoms with Crippen molar-refractivity contribution in [3.8, 4) is 0 Å². The fourth-order valence-electron chi connectivity index (χ4n) is 9.70. The van der Waals surface area contributed by atoms with Crippen molar-refractivity contribution in [2.24, 2.45) is 59.2 Å². The van der Waals surface area contributed by atoms with Crippen LogP contribution < -0.4 is 0 Å². The Morgan fingerprint density at radius 3 is 1.33 bits per heavy atom. The Labute approximate surface area is 146 Å². The van der Waals surface area contributed by atoms with Crippen molar-refractivity contribution in [2.75, 3.05) is 0 Å². The lowest BCUT2D eigenvalue weighted by Crippen LogP contribution is -2.51. The van der Waals surface area contributed by atoms with Gasteiger partial charge in [0.15, 0.2) is 0 Å². The molecule has 6 saturated carbocycles. The fraction of sp³-hybridized carbons (Fsp3) is 1.00. The second-order valence-electron chi connectivity index (χ2n) is 10.6. The summed E-state index contributed by atoms with van der Waals surface area (Å²) < 4.78 is 0. The average molecular weight is 331 g/mol. The Kier molecular flexibility index (Phi) is 3.27. The van der Waals surface area contributed by atoms with Crippen LogP contribution in [0.25, 0.3) is 0 Å². The molecule has 6 aliphatic carbocycles. The predicted molar refractivity (Wildman–Crippen MR) is 93.1 cm³/mol. The lowest BCUT2D eigenvalue weighted by molar-refractivity contribution is -0.0963. The van der Waals surface area contributed by atoms with Gasteiger partial charge in [-0.3, -0.25) is 0 Å². The topological polar surface area (TPSA) is 40.5 Å². The minimum atomic E-state index is 0.0170. The third-order valence-corrected chi connectivity index (χ3v) is 10.1. The summed E-state index contributed by atoms with van der Waals surface area (Å²) in [5.41, 5.74) is 0. The molecule has 0 aromatic rings. The molecule has 2 nitrogen and oxygen atoms in total. The van der Waals surface area contributed by atoms with Crippen molar-refractivity contribution in [2.45, 2.75) is 76.4 Å². The molecule has 0 spiro atoms. The first-order valence-corrected chi connectivity index (χ1v) is 11.1. The van der Waals surface area contributed by atoms with Crippen molar-refractivity contribution < 1.29 is 10.2 Å². The van der Waals surface area contributed by atoms with Crippen molar-refractivity contribution >= 4 is 0 Å². The van der Waals surface area contributed by atoms with Crippen molar-refractivity contribution in [1.29, 1.82) is 0 Å². The predicted octanol–water partition coefficient (Wildman–Crippen LogP) is 3.85. The van der Waals surface area contributed by atoms with E-state index >= 15 is 0 Å². The van der Waals surface area contributed by atoms with Crippen LogP contribution >= 0.6 is 0 Å². The molecule has 6 rings (SSSR count). The van der Waals surface area contributed by atoms with Crippen LogP contribution in [0.3, 0.4) is 0 Å². The van der Waals surface area contributed by atoms with E-state index in [9.17, 15) is 10.2 Å². The van der Waals surface area contributed by atoms with E-state index in [1.165, 1.54) is 51.4 Å². The van der Waals surface area contributed by atoms with Gasteiger partial charge in [-0.1, -0.05) is 12.8 Å². The van der Waals surface area contributed by atoms with Crippen LogP contribution in [0.15, 0.2) is 0 Å². The normalized spacial score (nSPS) is 64.2. The highest BCUT2D eigenvalue weighted by molar-refractivity contribution is 5.10. The van der Waals surface area contributed by atoms with E-state index in [-0.39, 0.29) is 12.2 Å². The molecule has 0 aromatic carbocycles. The van der Waals surface area contributed by atoms with Crippen LogP contribution in [0.5, 0.6) is 0 Å². The van der Waals surface area contributed by atoms with Gasteiger partial charge in [-0.15, -0.1) is 0 Å². The molecule has 0 amide bonds. The highest BCUT2D eigenvalue weighted by Gasteiger charge is 2.61. The second-order valence-corrected chi connectivity index (χ2v) is 10.6. The molecule has 12 atom stereocenters. The standard InChI is InChI=1S/C22H34O2/c23-19-9-11-8-18-14-4-2-6-16-20(24)10-12(22(14)16)7-17(18)13-3-1-5-15(19)21(11)13/h11-24H,1-10H2. The Balaban J connectivity index is 1.36. The van der Waals surface area contributed by atoms with Crippen molar-refractivity contribution in [3.63, 3.8) is 0 Å². The van der Waals surface area contributed by atoms with E-state index in [1.807, 2.05) is 0 Å². The maximum atomic E-state index is 10.6. The first-order chi connectivity index (χ1) is 11.7. The summed E-state index contributed by atoms with van der Waals surface area (Å²) in [5.74, 6) is 8.38. The quantitative estimate of drug-likeness (QED) is 0.708. The van der Waals surface area contributed by atoms with Gasteiger partial charge < -0.3 is 10.2 Å². The van der Waals surface area contributed by atoms with Gasteiger partial charge in [0.05, 0.1) is 12.2 Å². The molecule has 6 fully saturated rings. The van der Waals surface area contributed by atoms with E-state index in [1.54, 1.807) is 0 Å². The lowest BCUT2D eigenvalue weighted by atomic mass is 9.47. The SMILES string of the molecule is OC1CC2CC3C(CC4CC(O)C5CCCC3C45)C3CCCC1C23. The van der Waals surface area contributed by atoms with Crippen LogP contribution in [0.2, 0.25) is 0 Å². The summed E-state index contributed by atoms with van der Waals surface area (Å²) in [4.78, 5) is 0. The largest absolute Gasteiger partial charge is 0.393 e. The zero-order valence-electron chi connectivity index (χ0n) is 14.9. The van der Waals surface area contributed by atoms with E-state index in [4.69, 9.17) is 0 Å². The number of fused-ring (bicyclic) bond motifs is 3. The van der Waals surface area contributed by atoms with Gasteiger partial charge in [-0.25, -0.2) is 0 Å². The molecule has 0 heterocycles. The molecule has 0 aromatic heterocycles. The smallest absolute Gasteiger partial charge is 0.0574 e. The lowest BCUT2D eigenvalue weighted by Gasteiger charge is -2.58. The number of rotatable bonds is 0. The number of hydrogen-bond acceptors (Lipinski definition) is 2. The van der Waals surface area contributed by atoms with Crippen molar-refractivity contribution in [3.05, 3.63) is 0 Å². The highest BCUT2D eigenvalue weighted by Crippen LogP contribution is 2.66. The van der Waals surface area contributed by atoms with E-state index in [0.29, 0.717) is 11.8 Å². The molecule has 0 radical (unpaired) electrons. The third kappa shape index (κ3) is 1.85. The highest BCUT2D eigenvalue weighted by atomic mass is 16.3. The number of aliphatic hydroxyl groups is 2. The van der Waals surface area contributed by atoms with Gasteiger partial charge in [0, 0.05) is 0 Å². The molecule has 2 N–H and O–H groups in total. The van der Waals surface area contributed by atoms with Crippen LogP contribution in [-0.4, -0.2) is 22.4 Å². The summed E-state index contributed by atoms with van der Waals surface area (Å²) in [6.07, 6.45) is 13.3.